The van der Waals surface area contributed by atoms with Crippen LogP contribution in [0.4, 0.5) is 5.69 Å². The maximum Gasteiger partial charge on any atom is 1.00 e. The topological polar surface area (TPSA) is 51.4 Å². The summed E-state index contributed by atoms with van der Waals surface area (Å²) < 4.78 is -0.160. The first-order chi connectivity index (χ1) is 7.56. The van der Waals surface area contributed by atoms with E-state index in [1.54, 1.807) is 30.1 Å². The molecule has 1 amide bonds. The molecule has 18 heavy (non-hydrogen) atoms. The summed E-state index contributed by atoms with van der Waals surface area (Å²) in [5.41, 5.74) is 0.151. The van der Waals surface area contributed by atoms with Crippen molar-refractivity contribution >= 4 is 58.1 Å². The number of rotatable bonds is 3. The van der Waals surface area contributed by atoms with Crippen molar-refractivity contribution < 1.29 is 63.9 Å². The Morgan fingerprint density at radius 2 is 1.94 bits per heavy atom. The molecule has 0 saturated heterocycles. The number of carbonyl (C=O) groups excluding carboxylic acids is 1. The van der Waals surface area contributed by atoms with Crippen LogP contribution in [-0.2, 0) is 17.4 Å². The summed E-state index contributed by atoms with van der Waals surface area (Å²) in [4.78, 5) is 11.6. The molecule has 0 bridgehead atoms. The Hall–Kier alpha value is 0.740. The van der Waals surface area contributed by atoms with E-state index in [2.05, 4.69) is 30.2 Å². The van der Waals surface area contributed by atoms with Crippen LogP contribution in [0.25, 0.3) is 5.41 Å². The molecule has 8 heteroatoms. The first-order valence-corrected chi connectivity index (χ1v) is 5.30. The number of anilines is 1. The Morgan fingerprint density at radius 3 is 2.39 bits per heavy atom. The van der Waals surface area contributed by atoms with Gasteiger partial charge in [0.2, 0.25) is 0 Å². The van der Waals surface area contributed by atoms with Crippen LogP contribution in [0.2, 0.25) is 5.02 Å². The Balaban J connectivity index is 0. The number of nitrogens with zero attached hydrogens (tertiary/aromatic N) is 1. The zero-order valence-corrected chi connectivity index (χ0v) is 16.2. The minimum atomic E-state index is -0.643. The second kappa shape index (κ2) is 10.5. The molecule has 0 saturated carbocycles. The van der Waals surface area contributed by atoms with E-state index in [-0.39, 0.29) is 68.9 Å². The standard InChI is InChI=1S/C10H6ClN2OS2.2Na/c11-7-3-1-2-4-8(7)13-9(14)6(5-12)10(15)16;;/h1-4H,(H,13,14)(H,15,16);;/q-1;2*+1/p-1. The second-order valence-corrected chi connectivity index (χ2v) is 4.19. The number of halogens is 1. The second-order valence-electron chi connectivity index (χ2n) is 2.71. The van der Waals surface area contributed by atoms with Gasteiger partial charge in [0, 0.05) is 5.57 Å². The summed E-state index contributed by atoms with van der Waals surface area (Å²) >= 11 is 15.0. The van der Waals surface area contributed by atoms with Crippen LogP contribution < -0.4 is 64.4 Å². The van der Waals surface area contributed by atoms with E-state index in [9.17, 15) is 4.79 Å². The molecule has 1 aromatic rings. The minimum absolute atomic E-state index is 0. The third-order valence-corrected chi connectivity index (χ3v) is 2.40. The summed E-state index contributed by atoms with van der Waals surface area (Å²) in [5, 5.41) is 11.5. The van der Waals surface area contributed by atoms with Gasteiger partial charge in [-0.1, -0.05) is 23.7 Å². The number of carbonyl (C=O) groups is 1. The predicted octanol–water partition coefficient (Wildman–Crippen LogP) is -3.67. The molecule has 0 aliphatic rings. The predicted molar refractivity (Wildman–Crippen MR) is 71.9 cm³/mol. The molecule has 0 atom stereocenters. The first-order valence-electron chi connectivity index (χ1n) is 4.10. The van der Waals surface area contributed by atoms with Crippen molar-refractivity contribution in [2.45, 2.75) is 0 Å². The molecule has 0 fully saturated rings. The molecule has 0 heterocycles. The van der Waals surface area contributed by atoms with Crippen LogP contribution >= 0.6 is 23.8 Å². The van der Waals surface area contributed by atoms with Crippen LogP contribution in [-0.4, -0.2) is 16.0 Å². The molecule has 0 radical (unpaired) electrons. The largest absolute Gasteiger partial charge is 1.00 e. The molecule has 3 nitrogen and oxygen atoms in total. The van der Waals surface area contributed by atoms with Gasteiger partial charge in [-0.25, -0.2) is 0 Å². The molecule has 1 rings (SSSR count). The quantitative estimate of drug-likeness (QED) is 0.206. The van der Waals surface area contributed by atoms with Gasteiger partial charge in [0.1, 0.15) is 0 Å². The van der Waals surface area contributed by atoms with Crippen LogP contribution in [0, 0.1) is 0 Å². The average molecular weight is 315 g/mol. The third kappa shape index (κ3) is 6.26. The van der Waals surface area contributed by atoms with Crippen molar-refractivity contribution in [3.63, 3.8) is 0 Å². The van der Waals surface area contributed by atoms with Crippen LogP contribution in [0.15, 0.2) is 29.8 Å². The molecule has 1 N–H and O–H groups in total. The van der Waals surface area contributed by atoms with Gasteiger partial charge in [0.15, 0.2) is 0 Å². The van der Waals surface area contributed by atoms with Crippen molar-refractivity contribution in [3.05, 3.63) is 40.3 Å². The zero-order valence-electron chi connectivity index (χ0n) is 9.86. The monoisotopic (exact) mass is 314 g/mol. The van der Waals surface area contributed by atoms with Gasteiger partial charge in [-0.2, -0.15) is 0 Å². The number of benzene rings is 1. The summed E-state index contributed by atoms with van der Waals surface area (Å²) in [6.07, 6.45) is 0. The molecule has 0 unspecified atom stereocenters. The van der Waals surface area contributed by atoms with E-state index in [1.807, 2.05) is 0 Å². The molecule has 0 aliphatic carbocycles. The van der Waals surface area contributed by atoms with Gasteiger partial charge >= 0.3 is 59.1 Å². The van der Waals surface area contributed by atoms with Crippen molar-refractivity contribution in [2.75, 3.05) is 5.32 Å². The van der Waals surface area contributed by atoms with Crippen LogP contribution in [0.5, 0.6) is 0 Å². The Labute approximate surface area is 165 Å². The molecule has 82 valence electrons. The molecular formula is C10H5ClN2Na2OS2. The molecule has 0 aliphatic heterocycles. The fourth-order valence-corrected chi connectivity index (χ4v) is 1.40. The summed E-state index contributed by atoms with van der Waals surface area (Å²) in [6.45, 7) is 0. The average Bonchev–Trinajstić information content (AvgIpc) is 2.22. The zero-order chi connectivity index (χ0) is 12.1. The smallest absolute Gasteiger partial charge is 0.763 e. The number of nitrogens with one attached hydrogen (secondary N) is 1. The van der Waals surface area contributed by atoms with Crippen LogP contribution in [0.1, 0.15) is 0 Å². The van der Waals surface area contributed by atoms with Gasteiger partial charge < -0.3 is 35.6 Å². The summed E-state index contributed by atoms with van der Waals surface area (Å²) in [6, 6.07) is 6.67. The molecule has 0 spiro atoms. The van der Waals surface area contributed by atoms with Crippen molar-refractivity contribution in [1.82, 2.24) is 0 Å². The maximum atomic E-state index is 11.6. The van der Waals surface area contributed by atoms with E-state index < -0.39 is 5.91 Å². The fraction of sp³-hybridized carbons (Fsp3) is 0. The van der Waals surface area contributed by atoms with Gasteiger partial charge in [-0.05, 0) is 12.1 Å². The Bertz CT molecular complexity index is 504. The van der Waals surface area contributed by atoms with E-state index in [0.29, 0.717) is 10.7 Å². The van der Waals surface area contributed by atoms with Crippen LogP contribution in [0.3, 0.4) is 0 Å². The number of hydrogen-bond acceptors (Lipinski definition) is 3. The van der Waals surface area contributed by atoms with Crippen molar-refractivity contribution in [3.8, 4) is 0 Å². The SMILES string of the molecule is [N-]=C=C(C(=O)Nc1ccccc1Cl)C(=S)[S-].[Na+].[Na+]. The molecular weight excluding hydrogens is 310 g/mol. The van der Waals surface area contributed by atoms with Crippen molar-refractivity contribution in [2.24, 2.45) is 0 Å². The number of para-hydroxylation sites is 1. The minimum Gasteiger partial charge on any atom is -0.763 e. The van der Waals surface area contributed by atoms with Gasteiger partial charge in [0.05, 0.1) is 10.7 Å². The normalized spacial score (nSPS) is 8.06. The first kappa shape index (κ1) is 21.0. The molecule has 0 aromatic heterocycles. The third-order valence-electron chi connectivity index (χ3n) is 1.67. The number of thiocarbonyl (C=S) groups is 1. The molecule has 1 aromatic carbocycles. The van der Waals surface area contributed by atoms with Crippen molar-refractivity contribution in [1.29, 1.82) is 0 Å². The van der Waals surface area contributed by atoms with Gasteiger partial charge in [0.25, 0.3) is 5.91 Å². The van der Waals surface area contributed by atoms with E-state index in [4.69, 9.17) is 17.0 Å². The van der Waals surface area contributed by atoms with Gasteiger partial charge in [-0.3, -0.25) is 10.7 Å². The number of hydrogen-bond donors (Lipinski definition) is 1. The van der Waals surface area contributed by atoms with Gasteiger partial charge in [-0.15, -0.1) is 4.20 Å². The Kier molecular flexibility index (Phi) is 12.3. The fourth-order valence-electron chi connectivity index (χ4n) is 0.937. The van der Waals surface area contributed by atoms with E-state index in [1.165, 1.54) is 0 Å². The summed E-state index contributed by atoms with van der Waals surface area (Å²) in [5.74, 6) is 1.01. The maximum absolute atomic E-state index is 11.6. The van der Waals surface area contributed by atoms with E-state index >= 15 is 0 Å². The van der Waals surface area contributed by atoms with E-state index in [0.717, 1.165) is 0 Å². The Morgan fingerprint density at radius 1 is 1.39 bits per heavy atom. The summed E-state index contributed by atoms with van der Waals surface area (Å²) in [7, 11) is 0. The number of amides is 1.